The number of fused-ring (bicyclic) bond motifs is 6. The lowest BCUT2D eigenvalue weighted by Crippen LogP contribution is -2.56. The summed E-state index contributed by atoms with van der Waals surface area (Å²) in [5.41, 5.74) is 4.43. The van der Waals surface area contributed by atoms with Gasteiger partial charge in [0.25, 0.3) is 0 Å². The molecule has 0 aromatic heterocycles. The van der Waals surface area contributed by atoms with E-state index in [1.807, 2.05) is 30.3 Å². The summed E-state index contributed by atoms with van der Waals surface area (Å²) >= 11 is 0. The first kappa shape index (κ1) is 35.3. The molecule has 9 heteroatoms. The van der Waals surface area contributed by atoms with E-state index in [1.165, 1.54) is 28.1 Å². The standard InChI is InChI=1S/C41H48O9/c1-24(43)49-31-20-33-32-22-39(48-4)35(45)17-29(32)15-27(11-8-14-42)40(33)41(13-12-26-9-6-5-7-10-26)23-30-18-36(46)38(47-3)19-28(30)16-34(41)37(21-31)50-25(2)44/h5-7,9-10,12-13,17-19,22,27,31,33-34,37,40,42,45-46H,8,11,14-16,20-21,23H2,1-4H3/b13-12+/t27-,31+,33-,34-,37-,40-,41+/m1/s1. The molecule has 7 atom stereocenters. The van der Waals surface area contributed by atoms with Gasteiger partial charge in [0.2, 0.25) is 0 Å². The van der Waals surface area contributed by atoms with Crippen molar-refractivity contribution in [2.24, 2.45) is 23.2 Å². The number of phenolic OH excluding ortho intramolecular Hbond substituents is 2. The Hall–Kier alpha value is -4.50. The first-order chi connectivity index (χ1) is 24.1. The monoisotopic (exact) mass is 684 g/mol. The van der Waals surface area contributed by atoms with Crippen LogP contribution < -0.4 is 9.47 Å². The van der Waals surface area contributed by atoms with Crippen LogP contribution in [0.3, 0.4) is 0 Å². The second-order valence-corrected chi connectivity index (χ2v) is 14.2. The average Bonchev–Trinajstić information content (AvgIpc) is 3.08. The number of aromatic hydroxyl groups is 2. The lowest BCUT2D eigenvalue weighted by Gasteiger charge is -2.58. The van der Waals surface area contributed by atoms with Crippen molar-refractivity contribution >= 4 is 18.0 Å². The lowest BCUT2D eigenvalue weighted by atomic mass is 9.47. The number of aliphatic hydroxyl groups is 1. The second-order valence-electron chi connectivity index (χ2n) is 14.2. The normalized spacial score (nSPS) is 27.1. The zero-order chi connectivity index (χ0) is 35.6. The van der Waals surface area contributed by atoms with E-state index in [1.54, 1.807) is 12.1 Å². The van der Waals surface area contributed by atoms with Crippen molar-refractivity contribution in [1.82, 2.24) is 0 Å². The summed E-state index contributed by atoms with van der Waals surface area (Å²) in [4.78, 5) is 25.5. The summed E-state index contributed by atoms with van der Waals surface area (Å²) < 4.78 is 23.5. The third-order valence-electron chi connectivity index (χ3n) is 11.2. The van der Waals surface area contributed by atoms with Crippen molar-refractivity contribution in [1.29, 1.82) is 0 Å². The Morgan fingerprint density at radius 2 is 1.54 bits per heavy atom. The Morgan fingerprint density at radius 3 is 2.20 bits per heavy atom. The maximum absolute atomic E-state index is 12.9. The maximum Gasteiger partial charge on any atom is 0.302 e. The van der Waals surface area contributed by atoms with Crippen molar-refractivity contribution in [3.05, 3.63) is 88.5 Å². The summed E-state index contributed by atoms with van der Waals surface area (Å²) in [5, 5.41) is 32.1. The predicted molar refractivity (Wildman–Crippen MR) is 188 cm³/mol. The minimum absolute atomic E-state index is 0.0353. The van der Waals surface area contributed by atoms with Gasteiger partial charge in [0.05, 0.1) is 14.2 Å². The Bertz CT molecular complexity index is 1730. The first-order valence-electron chi connectivity index (χ1n) is 17.5. The summed E-state index contributed by atoms with van der Waals surface area (Å²) in [7, 11) is 3.06. The molecule has 0 unspecified atom stereocenters. The molecule has 0 heterocycles. The zero-order valence-corrected chi connectivity index (χ0v) is 29.3. The van der Waals surface area contributed by atoms with Crippen LogP contribution in [0.5, 0.6) is 23.0 Å². The largest absolute Gasteiger partial charge is 0.504 e. The third-order valence-corrected chi connectivity index (χ3v) is 11.2. The fourth-order valence-electron chi connectivity index (χ4n) is 9.45. The minimum Gasteiger partial charge on any atom is -0.504 e. The van der Waals surface area contributed by atoms with Crippen LogP contribution in [0.2, 0.25) is 0 Å². The molecule has 1 fully saturated rings. The highest BCUT2D eigenvalue weighted by Gasteiger charge is 2.58. The van der Waals surface area contributed by atoms with Crippen LogP contribution in [0.4, 0.5) is 0 Å². The van der Waals surface area contributed by atoms with Crippen LogP contribution in [0.15, 0.2) is 60.7 Å². The lowest BCUT2D eigenvalue weighted by molar-refractivity contribution is -0.165. The molecule has 6 rings (SSSR count). The van der Waals surface area contributed by atoms with Crippen LogP contribution in [-0.2, 0) is 38.3 Å². The number of methoxy groups -OCH3 is 2. The molecule has 3 aliphatic carbocycles. The van der Waals surface area contributed by atoms with E-state index in [4.69, 9.17) is 18.9 Å². The van der Waals surface area contributed by atoms with Gasteiger partial charge >= 0.3 is 11.9 Å². The van der Waals surface area contributed by atoms with E-state index in [9.17, 15) is 24.9 Å². The Labute approximate surface area is 293 Å². The van der Waals surface area contributed by atoms with Crippen LogP contribution in [0.1, 0.15) is 73.3 Å². The number of benzene rings is 3. The van der Waals surface area contributed by atoms with Gasteiger partial charge in [-0.05, 0) is 108 Å². The molecule has 0 saturated heterocycles. The Balaban J connectivity index is 1.66. The van der Waals surface area contributed by atoms with E-state index in [0.29, 0.717) is 56.4 Å². The molecule has 1 saturated carbocycles. The molecule has 0 bridgehead atoms. The van der Waals surface area contributed by atoms with Crippen LogP contribution in [0.25, 0.3) is 6.08 Å². The van der Waals surface area contributed by atoms with E-state index in [0.717, 1.165) is 27.8 Å². The summed E-state index contributed by atoms with van der Waals surface area (Å²) in [6, 6.07) is 17.5. The molecule has 0 radical (unpaired) electrons. The quantitative estimate of drug-likeness (QED) is 0.215. The molecular weight excluding hydrogens is 636 g/mol. The van der Waals surface area contributed by atoms with E-state index < -0.39 is 29.6 Å². The molecule has 3 N–H and O–H groups in total. The number of carbonyl (C=O) groups excluding carboxylic acids is 2. The third kappa shape index (κ3) is 6.93. The zero-order valence-electron chi connectivity index (χ0n) is 29.3. The molecule has 50 heavy (non-hydrogen) atoms. The smallest absolute Gasteiger partial charge is 0.302 e. The van der Waals surface area contributed by atoms with Crippen molar-refractivity contribution in [2.45, 2.75) is 76.9 Å². The number of carbonyl (C=O) groups is 2. The number of phenols is 2. The fraction of sp³-hybridized carbons (Fsp3) is 0.463. The Morgan fingerprint density at radius 1 is 0.860 bits per heavy atom. The molecule has 0 amide bonds. The number of rotatable bonds is 9. The van der Waals surface area contributed by atoms with Gasteiger partial charge in [-0.1, -0.05) is 42.5 Å². The first-order valence-corrected chi connectivity index (χ1v) is 17.5. The number of hydrogen-bond donors (Lipinski definition) is 3. The number of allylic oxidation sites excluding steroid dienone is 1. The molecule has 266 valence electrons. The average molecular weight is 685 g/mol. The predicted octanol–water partition coefficient (Wildman–Crippen LogP) is 6.53. The molecule has 0 aliphatic heterocycles. The van der Waals surface area contributed by atoms with Gasteiger partial charge in [0.1, 0.15) is 12.2 Å². The topological polar surface area (TPSA) is 132 Å². The van der Waals surface area contributed by atoms with Crippen LogP contribution in [-0.4, -0.2) is 60.3 Å². The minimum atomic E-state index is -0.626. The van der Waals surface area contributed by atoms with E-state index in [-0.39, 0.29) is 41.8 Å². The van der Waals surface area contributed by atoms with Gasteiger partial charge in [-0.2, -0.15) is 0 Å². The van der Waals surface area contributed by atoms with E-state index in [2.05, 4.69) is 24.3 Å². The van der Waals surface area contributed by atoms with Gasteiger partial charge in [0, 0.05) is 38.2 Å². The number of ether oxygens (including phenoxy) is 4. The summed E-state index contributed by atoms with van der Waals surface area (Å²) in [6.07, 6.45) is 7.12. The van der Waals surface area contributed by atoms with Gasteiger partial charge in [0.15, 0.2) is 23.0 Å². The van der Waals surface area contributed by atoms with Gasteiger partial charge in [-0.15, -0.1) is 0 Å². The maximum atomic E-state index is 12.9. The highest BCUT2D eigenvalue weighted by atomic mass is 16.6. The van der Waals surface area contributed by atoms with Gasteiger partial charge in [-0.25, -0.2) is 0 Å². The summed E-state index contributed by atoms with van der Waals surface area (Å²) in [6.45, 7) is 2.86. The Kier molecular flexibility index (Phi) is 10.4. The molecule has 3 aliphatic rings. The number of esters is 2. The molecule has 3 aromatic carbocycles. The second kappa shape index (κ2) is 14.8. The van der Waals surface area contributed by atoms with Crippen LogP contribution >= 0.6 is 0 Å². The van der Waals surface area contributed by atoms with Crippen molar-refractivity contribution in [3.63, 3.8) is 0 Å². The van der Waals surface area contributed by atoms with Gasteiger partial charge < -0.3 is 34.3 Å². The van der Waals surface area contributed by atoms with Gasteiger partial charge in [-0.3, -0.25) is 9.59 Å². The van der Waals surface area contributed by atoms with Crippen LogP contribution in [0, 0.1) is 23.2 Å². The molecule has 3 aromatic rings. The van der Waals surface area contributed by atoms with E-state index >= 15 is 0 Å². The number of hydrogen-bond acceptors (Lipinski definition) is 9. The van der Waals surface area contributed by atoms with Crippen molar-refractivity contribution in [2.75, 3.05) is 20.8 Å². The highest BCUT2D eigenvalue weighted by molar-refractivity contribution is 5.67. The number of aliphatic hydroxyl groups excluding tert-OH is 1. The molecular formula is C41H48O9. The highest BCUT2D eigenvalue weighted by Crippen LogP contribution is 2.62. The van der Waals surface area contributed by atoms with Crippen molar-refractivity contribution in [3.8, 4) is 23.0 Å². The van der Waals surface area contributed by atoms with Crippen molar-refractivity contribution < 1.29 is 43.9 Å². The SMILES string of the molecule is COc1cc2c(cc1O)C[C@]1(/C=C/c3ccccc3)[C@@H]3[C@H](CCCO)Cc4cc(O)c(OC)cc4[C@H]3C[C@H](OC(C)=O)C[C@@H](OC(C)=O)[C@H]1C2. The summed E-state index contributed by atoms with van der Waals surface area (Å²) in [5.74, 6) is -0.400. The molecule has 9 nitrogen and oxygen atoms in total. The fourth-order valence-corrected chi connectivity index (χ4v) is 9.45. The molecule has 0 spiro atoms.